The minimum Gasteiger partial charge on any atom is -0.206 e. The van der Waals surface area contributed by atoms with Crippen LogP contribution in [0.4, 0.5) is 13.2 Å². The van der Waals surface area contributed by atoms with Crippen molar-refractivity contribution in [3.05, 3.63) is 60.0 Å². The van der Waals surface area contributed by atoms with E-state index in [0.717, 1.165) is 25.7 Å². The van der Waals surface area contributed by atoms with Crippen molar-refractivity contribution in [3.63, 3.8) is 0 Å². The third-order valence-electron chi connectivity index (χ3n) is 4.35. The van der Waals surface area contributed by atoms with E-state index in [1.54, 1.807) is 0 Å². The molecule has 0 heterocycles. The van der Waals surface area contributed by atoms with Gasteiger partial charge < -0.3 is 0 Å². The molecule has 1 saturated carbocycles. The second-order valence-corrected chi connectivity index (χ2v) is 5.73. The van der Waals surface area contributed by atoms with Crippen molar-refractivity contribution >= 4 is 0 Å². The molecule has 0 atom stereocenters. The van der Waals surface area contributed by atoms with Crippen LogP contribution in [0, 0.1) is 5.92 Å². The van der Waals surface area contributed by atoms with Gasteiger partial charge in [0.1, 0.15) is 0 Å². The average molecular weight is 294 g/mol. The molecule has 0 saturated heterocycles. The van der Waals surface area contributed by atoms with Crippen molar-refractivity contribution in [2.45, 2.75) is 44.4 Å². The van der Waals surface area contributed by atoms with Crippen molar-refractivity contribution in [1.82, 2.24) is 0 Å². The Balaban J connectivity index is 1.93. The van der Waals surface area contributed by atoms with Gasteiger partial charge in [0.15, 0.2) is 5.83 Å². The van der Waals surface area contributed by atoms with Crippen molar-refractivity contribution in [1.29, 1.82) is 0 Å². The first-order valence-corrected chi connectivity index (χ1v) is 7.52. The number of aryl methyl sites for hydroxylation is 1. The molecular formula is C18H21F3. The van der Waals surface area contributed by atoms with Crippen molar-refractivity contribution < 1.29 is 13.2 Å². The minimum atomic E-state index is -2.15. The van der Waals surface area contributed by atoms with Crippen LogP contribution in [0.3, 0.4) is 0 Å². The summed E-state index contributed by atoms with van der Waals surface area (Å²) in [4.78, 5) is 0. The molecule has 0 bridgehead atoms. The molecule has 1 aliphatic carbocycles. The highest BCUT2D eigenvalue weighted by molar-refractivity contribution is 5.26. The SMILES string of the molecule is C=CCCc1ccc(C2CCC(C(F)=C(F)F)CC2)cc1. The maximum Gasteiger partial charge on any atom is 0.301 e. The zero-order chi connectivity index (χ0) is 15.2. The van der Waals surface area contributed by atoms with Crippen molar-refractivity contribution in [2.24, 2.45) is 5.92 Å². The first kappa shape index (κ1) is 15.9. The molecule has 0 spiro atoms. The molecule has 2 rings (SSSR count). The highest BCUT2D eigenvalue weighted by Crippen LogP contribution is 2.40. The van der Waals surface area contributed by atoms with Crippen molar-refractivity contribution in [3.8, 4) is 0 Å². The summed E-state index contributed by atoms with van der Waals surface area (Å²) in [5, 5.41) is 0. The molecule has 0 N–H and O–H groups in total. The van der Waals surface area contributed by atoms with Gasteiger partial charge in [0.25, 0.3) is 0 Å². The van der Waals surface area contributed by atoms with Crippen LogP contribution < -0.4 is 0 Å². The van der Waals surface area contributed by atoms with Gasteiger partial charge in [-0.15, -0.1) is 6.58 Å². The molecule has 1 aromatic rings. The smallest absolute Gasteiger partial charge is 0.206 e. The summed E-state index contributed by atoms with van der Waals surface area (Å²) >= 11 is 0. The maximum atomic E-state index is 13.2. The van der Waals surface area contributed by atoms with Crippen molar-refractivity contribution in [2.75, 3.05) is 0 Å². The molecule has 0 nitrogen and oxygen atoms in total. The van der Waals surface area contributed by atoms with E-state index in [-0.39, 0.29) is 0 Å². The molecule has 0 aliphatic heterocycles. The van der Waals surface area contributed by atoms with Crippen LogP contribution in [0.15, 0.2) is 48.8 Å². The molecule has 114 valence electrons. The zero-order valence-electron chi connectivity index (χ0n) is 12.1. The first-order valence-electron chi connectivity index (χ1n) is 7.52. The summed E-state index contributed by atoms with van der Waals surface area (Å²) < 4.78 is 37.8. The molecule has 21 heavy (non-hydrogen) atoms. The summed E-state index contributed by atoms with van der Waals surface area (Å²) in [6.45, 7) is 3.71. The summed E-state index contributed by atoms with van der Waals surface area (Å²) in [6.07, 6.45) is 4.27. The quantitative estimate of drug-likeness (QED) is 0.571. The van der Waals surface area contributed by atoms with Gasteiger partial charge in [0, 0.05) is 5.92 Å². The Morgan fingerprint density at radius 1 is 1.05 bits per heavy atom. The van der Waals surface area contributed by atoms with Gasteiger partial charge in [-0.2, -0.15) is 8.78 Å². The van der Waals surface area contributed by atoms with Crippen LogP contribution in [-0.2, 0) is 6.42 Å². The second-order valence-electron chi connectivity index (χ2n) is 5.73. The Labute approximate surface area is 124 Å². The zero-order valence-corrected chi connectivity index (χ0v) is 12.1. The molecule has 0 amide bonds. The predicted molar refractivity (Wildman–Crippen MR) is 80.0 cm³/mol. The Hall–Kier alpha value is -1.51. The molecule has 0 aromatic heterocycles. The van der Waals surface area contributed by atoms with Crippen LogP contribution in [0.2, 0.25) is 0 Å². The topological polar surface area (TPSA) is 0 Å². The molecule has 1 aliphatic rings. The summed E-state index contributed by atoms with van der Waals surface area (Å²) in [5.74, 6) is -1.42. The fourth-order valence-electron chi connectivity index (χ4n) is 3.06. The Kier molecular flexibility index (Phi) is 5.66. The summed E-state index contributed by atoms with van der Waals surface area (Å²) in [5.41, 5.74) is 2.52. The van der Waals surface area contributed by atoms with Crippen LogP contribution in [0.5, 0.6) is 0 Å². The van der Waals surface area contributed by atoms with Gasteiger partial charge >= 0.3 is 6.08 Å². The lowest BCUT2D eigenvalue weighted by Gasteiger charge is -2.27. The standard InChI is InChI=1S/C18H21F3/c1-2-3-4-13-5-7-14(8-6-13)15-9-11-16(12-10-15)17(19)18(20)21/h2,5-8,15-16H,1,3-4,9-12H2. The summed E-state index contributed by atoms with van der Waals surface area (Å²) in [7, 11) is 0. The van der Waals surface area contributed by atoms with E-state index in [9.17, 15) is 13.2 Å². The van der Waals surface area contributed by atoms with E-state index in [0.29, 0.717) is 18.8 Å². The number of halogens is 3. The van der Waals surface area contributed by atoms with Gasteiger partial charge in [-0.1, -0.05) is 30.3 Å². The highest BCUT2D eigenvalue weighted by Gasteiger charge is 2.27. The fourth-order valence-corrected chi connectivity index (χ4v) is 3.06. The monoisotopic (exact) mass is 294 g/mol. The molecule has 0 unspecified atom stereocenters. The van der Waals surface area contributed by atoms with Gasteiger partial charge in [0.2, 0.25) is 0 Å². The number of allylic oxidation sites excluding steroid dienone is 2. The van der Waals surface area contributed by atoms with Crippen LogP contribution in [0.1, 0.15) is 49.1 Å². The largest absolute Gasteiger partial charge is 0.301 e. The fraction of sp³-hybridized carbons (Fsp3) is 0.444. The predicted octanol–water partition coefficient (Wildman–Crippen LogP) is 6.16. The lowest BCUT2D eigenvalue weighted by atomic mass is 9.78. The van der Waals surface area contributed by atoms with Gasteiger partial charge in [-0.3, -0.25) is 0 Å². The van der Waals surface area contributed by atoms with Gasteiger partial charge in [-0.05, 0) is 55.6 Å². The lowest BCUT2D eigenvalue weighted by Crippen LogP contribution is -2.14. The minimum absolute atomic E-state index is 0.366. The average Bonchev–Trinajstić information content (AvgIpc) is 2.53. The number of hydrogen-bond acceptors (Lipinski definition) is 0. The third-order valence-corrected chi connectivity index (χ3v) is 4.35. The molecule has 1 fully saturated rings. The number of hydrogen-bond donors (Lipinski definition) is 0. The van der Waals surface area contributed by atoms with E-state index in [1.165, 1.54) is 11.1 Å². The van der Waals surface area contributed by atoms with Crippen LogP contribution in [0.25, 0.3) is 0 Å². The van der Waals surface area contributed by atoms with Crippen LogP contribution >= 0.6 is 0 Å². The first-order chi connectivity index (χ1) is 10.1. The number of rotatable bonds is 5. The van der Waals surface area contributed by atoms with E-state index >= 15 is 0 Å². The van der Waals surface area contributed by atoms with Crippen LogP contribution in [-0.4, -0.2) is 0 Å². The lowest BCUT2D eigenvalue weighted by molar-refractivity contribution is 0.281. The highest BCUT2D eigenvalue weighted by atomic mass is 19.3. The van der Waals surface area contributed by atoms with E-state index in [2.05, 4.69) is 30.8 Å². The Morgan fingerprint density at radius 2 is 1.67 bits per heavy atom. The summed E-state index contributed by atoms with van der Waals surface area (Å²) in [6, 6.07) is 8.47. The second kappa shape index (κ2) is 7.48. The maximum absolute atomic E-state index is 13.2. The third kappa shape index (κ3) is 4.23. The normalized spacial score (nSPS) is 21.9. The Bertz CT molecular complexity index is 490. The number of benzene rings is 1. The molecule has 0 radical (unpaired) electrons. The van der Waals surface area contributed by atoms with Gasteiger partial charge in [-0.25, -0.2) is 4.39 Å². The molecule has 1 aromatic carbocycles. The van der Waals surface area contributed by atoms with E-state index in [1.807, 2.05) is 6.08 Å². The molecule has 3 heteroatoms. The van der Waals surface area contributed by atoms with Gasteiger partial charge in [0.05, 0.1) is 0 Å². The van der Waals surface area contributed by atoms with E-state index < -0.39 is 17.8 Å². The Morgan fingerprint density at radius 3 is 2.19 bits per heavy atom. The van der Waals surface area contributed by atoms with E-state index in [4.69, 9.17) is 0 Å². The molecular weight excluding hydrogens is 273 g/mol.